The SMILES string of the molecule is O=C(c1ccc(F)cc1)[C@@H]1[C@H](C(=O)c2ccc3c(c2)OCO3)[C@@]2(C(=O)Nc3ccccc32)[C@H]2c3ccccc3C=CN12. The van der Waals surface area contributed by atoms with Crippen molar-refractivity contribution in [1.82, 2.24) is 4.90 Å². The van der Waals surface area contributed by atoms with Gasteiger partial charge in [-0.15, -0.1) is 0 Å². The number of fused-ring (bicyclic) bond motifs is 7. The van der Waals surface area contributed by atoms with Crippen molar-refractivity contribution in [3.05, 3.63) is 131 Å². The van der Waals surface area contributed by atoms with Gasteiger partial charge in [-0.1, -0.05) is 42.5 Å². The number of hydrogen-bond donors (Lipinski definition) is 1. The molecule has 7 nitrogen and oxygen atoms in total. The lowest BCUT2D eigenvalue weighted by atomic mass is 9.62. The molecular formula is C34H23FN2O5. The highest BCUT2D eigenvalue weighted by Crippen LogP contribution is 2.62. The van der Waals surface area contributed by atoms with E-state index in [4.69, 9.17) is 9.47 Å². The van der Waals surface area contributed by atoms with E-state index in [9.17, 15) is 18.8 Å². The maximum Gasteiger partial charge on any atom is 0.238 e. The van der Waals surface area contributed by atoms with Gasteiger partial charge in [0.2, 0.25) is 12.7 Å². The topological polar surface area (TPSA) is 84.9 Å². The second-order valence-corrected chi connectivity index (χ2v) is 10.9. The van der Waals surface area contributed by atoms with Gasteiger partial charge in [-0.2, -0.15) is 0 Å². The number of carbonyl (C=O) groups is 3. The highest BCUT2D eigenvalue weighted by molar-refractivity contribution is 6.16. The van der Waals surface area contributed by atoms with Crippen molar-refractivity contribution in [2.45, 2.75) is 17.5 Å². The number of hydrogen-bond acceptors (Lipinski definition) is 6. The highest BCUT2D eigenvalue weighted by atomic mass is 19.1. The molecule has 206 valence electrons. The molecule has 1 fully saturated rings. The van der Waals surface area contributed by atoms with Crippen LogP contribution in [0.2, 0.25) is 0 Å². The molecule has 1 spiro atoms. The summed E-state index contributed by atoms with van der Waals surface area (Å²) >= 11 is 0. The molecule has 0 aliphatic carbocycles. The first kappa shape index (κ1) is 24.5. The summed E-state index contributed by atoms with van der Waals surface area (Å²) in [5.74, 6) is -1.77. The number of anilines is 1. The molecule has 1 N–H and O–H groups in total. The van der Waals surface area contributed by atoms with E-state index >= 15 is 0 Å². The minimum Gasteiger partial charge on any atom is -0.454 e. The Bertz CT molecular complexity index is 1850. The predicted octanol–water partition coefficient (Wildman–Crippen LogP) is 5.54. The summed E-state index contributed by atoms with van der Waals surface area (Å²) in [5.41, 5.74) is 2.10. The fourth-order valence-electron chi connectivity index (χ4n) is 7.18. The van der Waals surface area contributed by atoms with E-state index in [2.05, 4.69) is 5.32 Å². The second-order valence-electron chi connectivity index (χ2n) is 10.9. The van der Waals surface area contributed by atoms with Gasteiger partial charge in [0.1, 0.15) is 17.3 Å². The summed E-state index contributed by atoms with van der Waals surface area (Å²) in [6.45, 7) is 0.0409. The maximum atomic E-state index is 14.9. The summed E-state index contributed by atoms with van der Waals surface area (Å²) in [5, 5.41) is 3.03. The Balaban J connectivity index is 1.41. The Morgan fingerprint density at radius 2 is 1.60 bits per heavy atom. The van der Waals surface area contributed by atoms with Gasteiger partial charge in [0.05, 0.1) is 12.0 Å². The van der Waals surface area contributed by atoms with E-state index in [0.717, 1.165) is 11.1 Å². The Morgan fingerprint density at radius 3 is 2.45 bits per heavy atom. The lowest BCUT2D eigenvalue weighted by molar-refractivity contribution is -0.122. The minimum atomic E-state index is -1.45. The Kier molecular flexibility index (Phi) is 5.19. The zero-order chi connectivity index (χ0) is 28.6. The van der Waals surface area contributed by atoms with Crippen LogP contribution in [0, 0.1) is 11.7 Å². The number of rotatable bonds is 4. The molecule has 1 saturated heterocycles. The molecule has 4 aromatic rings. The molecule has 4 aromatic carbocycles. The number of benzene rings is 4. The Labute approximate surface area is 240 Å². The zero-order valence-corrected chi connectivity index (χ0v) is 22.1. The fraction of sp³-hybridized carbons (Fsp3) is 0.147. The molecular weight excluding hydrogens is 535 g/mol. The van der Waals surface area contributed by atoms with Gasteiger partial charge in [-0.25, -0.2) is 4.39 Å². The molecule has 0 saturated carbocycles. The van der Waals surface area contributed by atoms with Gasteiger partial charge >= 0.3 is 0 Å². The average molecular weight is 559 g/mol. The lowest BCUT2D eigenvalue weighted by Crippen LogP contribution is -2.49. The van der Waals surface area contributed by atoms with Crippen LogP contribution in [-0.2, 0) is 10.2 Å². The molecule has 8 rings (SSSR count). The van der Waals surface area contributed by atoms with Gasteiger partial charge in [-0.3, -0.25) is 14.4 Å². The largest absolute Gasteiger partial charge is 0.454 e. The van der Waals surface area contributed by atoms with Gasteiger partial charge in [0.25, 0.3) is 0 Å². The highest BCUT2D eigenvalue weighted by Gasteiger charge is 2.70. The van der Waals surface area contributed by atoms with Crippen molar-refractivity contribution in [3.63, 3.8) is 0 Å². The standard InChI is InChI=1S/C34H23FN2O5/c35-22-12-9-20(10-13-22)31(39)29-28(30(38)21-11-14-26-27(17-21)42-18-41-26)34(24-7-3-4-8-25(24)36-33(34)40)32-23-6-2-1-5-19(23)15-16-37(29)32/h1-17,28-29,32H,18H2,(H,36,40)/t28-,29+,32-,34-/m1/s1. The number of halogens is 1. The van der Waals surface area contributed by atoms with Crippen LogP contribution in [0.15, 0.2) is 97.2 Å². The number of nitrogens with zero attached hydrogens (tertiary/aromatic N) is 1. The summed E-state index contributed by atoms with van der Waals surface area (Å²) in [6, 6.07) is 23.5. The number of ketones is 2. The fourth-order valence-corrected chi connectivity index (χ4v) is 7.18. The molecule has 1 amide bonds. The molecule has 4 aliphatic heterocycles. The van der Waals surface area contributed by atoms with E-state index in [0.29, 0.717) is 28.3 Å². The van der Waals surface area contributed by atoms with E-state index in [1.54, 1.807) is 18.2 Å². The van der Waals surface area contributed by atoms with Crippen LogP contribution >= 0.6 is 0 Å². The smallest absolute Gasteiger partial charge is 0.238 e. The van der Waals surface area contributed by atoms with Crippen LogP contribution in [-0.4, -0.2) is 35.2 Å². The third-order valence-corrected chi connectivity index (χ3v) is 8.91. The van der Waals surface area contributed by atoms with Crippen LogP contribution in [0.1, 0.15) is 43.4 Å². The Hall–Kier alpha value is -5.24. The molecule has 42 heavy (non-hydrogen) atoms. The summed E-state index contributed by atoms with van der Waals surface area (Å²) in [6.07, 6.45) is 3.71. The summed E-state index contributed by atoms with van der Waals surface area (Å²) < 4.78 is 24.9. The predicted molar refractivity (Wildman–Crippen MR) is 152 cm³/mol. The number of nitrogens with one attached hydrogen (secondary N) is 1. The van der Waals surface area contributed by atoms with Crippen LogP contribution in [0.5, 0.6) is 11.5 Å². The van der Waals surface area contributed by atoms with Crippen molar-refractivity contribution < 1.29 is 28.2 Å². The normalized spacial score (nSPS) is 24.3. The van der Waals surface area contributed by atoms with Crippen LogP contribution in [0.25, 0.3) is 6.08 Å². The number of ether oxygens (including phenoxy) is 2. The lowest BCUT2D eigenvalue weighted by Gasteiger charge is -2.38. The maximum absolute atomic E-state index is 14.9. The molecule has 4 heterocycles. The van der Waals surface area contributed by atoms with E-state index in [-0.39, 0.29) is 29.8 Å². The quantitative estimate of drug-likeness (QED) is 0.332. The van der Waals surface area contributed by atoms with E-state index in [1.807, 2.05) is 65.7 Å². The molecule has 4 aliphatic rings. The van der Waals surface area contributed by atoms with Gasteiger partial charge < -0.3 is 19.7 Å². The van der Waals surface area contributed by atoms with Crippen LogP contribution < -0.4 is 14.8 Å². The number of carbonyl (C=O) groups excluding carboxylic acids is 3. The number of para-hydroxylation sites is 1. The zero-order valence-electron chi connectivity index (χ0n) is 22.1. The monoisotopic (exact) mass is 558 g/mol. The average Bonchev–Trinajstić information content (AvgIpc) is 3.70. The molecule has 0 bridgehead atoms. The first-order chi connectivity index (χ1) is 20.5. The van der Waals surface area contributed by atoms with Crippen molar-refractivity contribution in [1.29, 1.82) is 0 Å². The van der Waals surface area contributed by atoms with Gasteiger partial charge in [0.15, 0.2) is 23.1 Å². The summed E-state index contributed by atoms with van der Waals surface area (Å²) in [7, 11) is 0. The van der Waals surface area contributed by atoms with Crippen molar-refractivity contribution in [3.8, 4) is 11.5 Å². The third-order valence-electron chi connectivity index (χ3n) is 8.91. The minimum absolute atomic E-state index is 0.0409. The van der Waals surface area contributed by atoms with Gasteiger partial charge in [0, 0.05) is 23.0 Å². The molecule has 0 aromatic heterocycles. The number of Topliss-reactive ketones (excluding diaryl/α,β-unsaturated/α-hetero) is 2. The Morgan fingerprint density at radius 1 is 0.857 bits per heavy atom. The molecule has 8 heteroatoms. The molecule has 0 radical (unpaired) electrons. The van der Waals surface area contributed by atoms with Crippen LogP contribution in [0.4, 0.5) is 10.1 Å². The first-order valence-electron chi connectivity index (χ1n) is 13.7. The third kappa shape index (κ3) is 3.23. The van der Waals surface area contributed by atoms with Crippen LogP contribution in [0.3, 0.4) is 0 Å². The van der Waals surface area contributed by atoms with Gasteiger partial charge in [-0.05, 0) is 71.3 Å². The van der Waals surface area contributed by atoms with Crippen molar-refractivity contribution in [2.24, 2.45) is 5.92 Å². The van der Waals surface area contributed by atoms with Crippen molar-refractivity contribution in [2.75, 3.05) is 12.1 Å². The first-order valence-corrected chi connectivity index (χ1v) is 13.7. The number of amides is 1. The molecule has 0 unspecified atom stereocenters. The van der Waals surface area contributed by atoms with E-state index < -0.39 is 29.2 Å². The second kappa shape index (κ2) is 8.88. The summed E-state index contributed by atoms with van der Waals surface area (Å²) in [4.78, 5) is 45.7. The van der Waals surface area contributed by atoms with Crippen molar-refractivity contribution >= 4 is 29.2 Å². The van der Waals surface area contributed by atoms with E-state index in [1.165, 1.54) is 24.3 Å². The molecule has 4 atom stereocenters.